The Labute approximate surface area is 118 Å². The molecule has 19 heavy (non-hydrogen) atoms. The minimum absolute atomic E-state index is 0.608. The lowest BCUT2D eigenvalue weighted by molar-refractivity contribution is 0.392. The van der Waals surface area contributed by atoms with Crippen LogP contribution in [0.25, 0.3) is 10.7 Å². The van der Waals surface area contributed by atoms with Gasteiger partial charge in [-0.3, -0.25) is 0 Å². The molecule has 0 aliphatic carbocycles. The number of hydrogen-bond donors (Lipinski definition) is 1. The average molecular weight is 289 g/mol. The van der Waals surface area contributed by atoms with Crippen LogP contribution in [0.15, 0.2) is 51.2 Å². The van der Waals surface area contributed by atoms with E-state index in [-0.39, 0.29) is 0 Å². The fourth-order valence-corrected chi connectivity index (χ4v) is 3.03. The summed E-state index contributed by atoms with van der Waals surface area (Å²) in [5.74, 6) is 1.87. The van der Waals surface area contributed by atoms with Crippen molar-refractivity contribution >= 4 is 28.8 Å². The fourth-order valence-electron chi connectivity index (χ4n) is 1.57. The van der Waals surface area contributed by atoms with Crippen molar-refractivity contribution < 1.29 is 4.52 Å². The normalized spacial score (nSPS) is 10.7. The van der Waals surface area contributed by atoms with Gasteiger partial charge in [-0.05, 0) is 23.6 Å². The zero-order chi connectivity index (χ0) is 13.1. The van der Waals surface area contributed by atoms with Crippen LogP contribution in [0.1, 0.15) is 5.89 Å². The Bertz CT molecular complexity index is 664. The first kappa shape index (κ1) is 12.3. The fraction of sp³-hybridized carbons (Fsp3) is 0.0769. The number of thioether (sulfide) groups is 1. The Kier molecular flexibility index (Phi) is 3.52. The Morgan fingerprint density at radius 2 is 2.11 bits per heavy atom. The Morgan fingerprint density at radius 3 is 2.89 bits per heavy atom. The first-order valence-electron chi connectivity index (χ1n) is 5.67. The molecule has 0 bridgehead atoms. The third-order valence-electron chi connectivity index (χ3n) is 2.48. The van der Waals surface area contributed by atoms with Gasteiger partial charge in [0.05, 0.1) is 10.6 Å². The molecule has 3 rings (SSSR count). The van der Waals surface area contributed by atoms with Gasteiger partial charge in [-0.15, -0.1) is 23.1 Å². The van der Waals surface area contributed by atoms with E-state index in [4.69, 9.17) is 10.3 Å². The van der Waals surface area contributed by atoms with Crippen molar-refractivity contribution in [3.8, 4) is 10.7 Å². The quantitative estimate of drug-likeness (QED) is 0.586. The van der Waals surface area contributed by atoms with Crippen molar-refractivity contribution in [2.75, 3.05) is 5.73 Å². The zero-order valence-electron chi connectivity index (χ0n) is 9.95. The van der Waals surface area contributed by atoms with E-state index in [1.165, 1.54) is 0 Å². The van der Waals surface area contributed by atoms with E-state index in [9.17, 15) is 0 Å². The summed E-state index contributed by atoms with van der Waals surface area (Å²) in [5.41, 5.74) is 6.65. The molecule has 2 heterocycles. The lowest BCUT2D eigenvalue weighted by Gasteiger charge is -2.01. The van der Waals surface area contributed by atoms with Gasteiger partial charge < -0.3 is 10.3 Å². The molecule has 0 aliphatic rings. The van der Waals surface area contributed by atoms with E-state index < -0.39 is 0 Å². The molecule has 0 fully saturated rings. The minimum Gasteiger partial charge on any atom is -0.398 e. The lowest BCUT2D eigenvalue weighted by atomic mass is 10.3. The predicted octanol–water partition coefficient (Wildman–Crippen LogP) is 3.67. The van der Waals surface area contributed by atoms with Gasteiger partial charge in [-0.1, -0.05) is 23.4 Å². The molecule has 96 valence electrons. The molecule has 1 aromatic carbocycles. The number of anilines is 1. The van der Waals surface area contributed by atoms with Gasteiger partial charge in [0.1, 0.15) is 0 Å². The van der Waals surface area contributed by atoms with E-state index in [0.717, 1.165) is 15.5 Å². The number of aromatic nitrogens is 2. The maximum absolute atomic E-state index is 5.88. The van der Waals surface area contributed by atoms with Gasteiger partial charge in [-0.2, -0.15) is 4.98 Å². The second-order valence-electron chi connectivity index (χ2n) is 3.82. The molecule has 0 atom stereocenters. The third kappa shape index (κ3) is 2.80. The van der Waals surface area contributed by atoms with Gasteiger partial charge in [0.25, 0.3) is 0 Å². The molecule has 6 heteroatoms. The zero-order valence-corrected chi connectivity index (χ0v) is 11.6. The number of nitrogens with two attached hydrogens (primary N) is 1. The van der Waals surface area contributed by atoms with E-state index in [2.05, 4.69) is 10.1 Å². The van der Waals surface area contributed by atoms with Crippen molar-refractivity contribution in [2.45, 2.75) is 10.6 Å². The molecular formula is C13H11N3OS2. The number of thiophene rings is 1. The lowest BCUT2D eigenvalue weighted by Crippen LogP contribution is -1.88. The second kappa shape index (κ2) is 5.46. The highest BCUT2D eigenvalue weighted by atomic mass is 32.2. The van der Waals surface area contributed by atoms with E-state index in [1.807, 2.05) is 41.8 Å². The molecule has 2 N–H and O–H groups in total. The van der Waals surface area contributed by atoms with Crippen LogP contribution < -0.4 is 5.73 Å². The molecule has 0 saturated carbocycles. The molecule has 2 aromatic heterocycles. The van der Waals surface area contributed by atoms with Gasteiger partial charge in [-0.25, -0.2) is 0 Å². The number of benzene rings is 1. The number of nitrogens with zero attached hydrogens (tertiary/aromatic N) is 2. The highest BCUT2D eigenvalue weighted by Gasteiger charge is 2.10. The van der Waals surface area contributed by atoms with Crippen molar-refractivity contribution in [2.24, 2.45) is 0 Å². The molecule has 3 aromatic rings. The van der Waals surface area contributed by atoms with Crippen LogP contribution in [0.4, 0.5) is 5.69 Å². The molecule has 0 spiro atoms. The third-order valence-corrected chi connectivity index (χ3v) is 4.42. The first-order valence-corrected chi connectivity index (χ1v) is 7.53. The van der Waals surface area contributed by atoms with Gasteiger partial charge in [0.2, 0.25) is 11.7 Å². The monoisotopic (exact) mass is 289 g/mol. The van der Waals surface area contributed by atoms with Crippen LogP contribution in [0, 0.1) is 0 Å². The second-order valence-corrected chi connectivity index (χ2v) is 5.78. The van der Waals surface area contributed by atoms with Gasteiger partial charge in [0.15, 0.2) is 0 Å². The molecular weight excluding hydrogens is 278 g/mol. The molecule has 0 radical (unpaired) electrons. The van der Waals surface area contributed by atoms with Crippen molar-refractivity contribution in [3.63, 3.8) is 0 Å². The summed E-state index contributed by atoms with van der Waals surface area (Å²) in [7, 11) is 0. The minimum atomic E-state index is 0.608. The summed E-state index contributed by atoms with van der Waals surface area (Å²) in [5, 5.41) is 5.96. The van der Waals surface area contributed by atoms with E-state index >= 15 is 0 Å². The number of rotatable bonds is 4. The molecule has 4 nitrogen and oxygen atoms in total. The maximum atomic E-state index is 5.88. The van der Waals surface area contributed by atoms with Crippen molar-refractivity contribution in [1.82, 2.24) is 10.1 Å². The summed E-state index contributed by atoms with van der Waals surface area (Å²) < 4.78 is 5.23. The van der Waals surface area contributed by atoms with E-state index in [1.54, 1.807) is 23.1 Å². The van der Waals surface area contributed by atoms with Crippen LogP contribution in [0.3, 0.4) is 0 Å². The summed E-state index contributed by atoms with van der Waals surface area (Å²) >= 11 is 3.19. The predicted molar refractivity (Wildman–Crippen MR) is 78.0 cm³/mol. The van der Waals surface area contributed by atoms with Gasteiger partial charge in [0, 0.05) is 10.6 Å². The maximum Gasteiger partial charge on any atom is 0.237 e. The smallest absolute Gasteiger partial charge is 0.237 e. The number of nitrogen functional groups attached to an aromatic ring is 1. The van der Waals surface area contributed by atoms with Crippen LogP contribution in [-0.2, 0) is 5.75 Å². The first-order chi connectivity index (χ1) is 9.33. The van der Waals surface area contributed by atoms with Crippen molar-refractivity contribution in [3.05, 3.63) is 47.7 Å². The standard InChI is InChI=1S/C13H11N3OS2/c14-9-4-1-2-5-10(9)19-8-12-15-13(16-17-12)11-6-3-7-18-11/h1-7H,8,14H2. The molecule has 0 amide bonds. The number of para-hydroxylation sites is 1. The van der Waals surface area contributed by atoms with Gasteiger partial charge >= 0.3 is 0 Å². The van der Waals surface area contributed by atoms with E-state index in [0.29, 0.717) is 17.5 Å². The average Bonchev–Trinajstić information content (AvgIpc) is 3.09. The van der Waals surface area contributed by atoms with Crippen molar-refractivity contribution in [1.29, 1.82) is 0 Å². The van der Waals surface area contributed by atoms with Crippen LogP contribution >= 0.6 is 23.1 Å². The Morgan fingerprint density at radius 1 is 1.21 bits per heavy atom. The van der Waals surface area contributed by atoms with Crippen LogP contribution in [-0.4, -0.2) is 10.1 Å². The molecule has 0 unspecified atom stereocenters. The number of hydrogen-bond acceptors (Lipinski definition) is 6. The largest absolute Gasteiger partial charge is 0.398 e. The highest BCUT2D eigenvalue weighted by molar-refractivity contribution is 7.98. The summed E-state index contributed by atoms with van der Waals surface area (Å²) in [6.07, 6.45) is 0. The van der Waals surface area contributed by atoms with Crippen LogP contribution in [0.2, 0.25) is 0 Å². The molecule has 0 aliphatic heterocycles. The molecule has 0 saturated heterocycles. The summed E-state index contributed by atoms with van der Waals surface area (Å²) in [4.78, 5) is 6.41. The topological polar surface area (TPSA) is 64.9 Å². The highest BCUT2D eigenvalue weighted by Crippen LogP contribution is 2.28. The SMILES string of the molecule is Nc1ccccc1SCc1nc(-c2cccs2)no1. The Balaban J connectivity index is 1.70. The van der Waals surface area contributed by atoms with Crippen LogP contribution in [0.5, 0.6) is 0 Å². The Hall–Kier alpha value is -1.79. The summed E-state index contributed by atoms with van der Waals surface area (Å²) in [6.45, 7) is 0. The summed E-state index contributed by atoms with van der Waals surface area (Å²) in [6, 6.07) is 11.7.